The molecule has 5 N–H and O–H groups in total. The predicted octanol–water partition coefficient (Wildman–Crippen LogP) is -2.02. The summed E-state index contributed by atoms with van der Waals surface area (Å²) in [5.41, 5.74) is 4.54. The van der Waals surface area contributed by atoms with Gasteiger partial charge in [-0.25, -0.2) is 13.6 Å². The van der Waals surface area contributed by atoms with Crippen molar-refractivity contribution in [1.29, 1.82) is 0 Å². The standard InChI is InChI=1S/CH5N3O3S/c2-1(4-5)8(3,6)7/h5H,(H2,2,4)(H2,3,6,7). The molecule has 0 heterocycles. The van der Waals surface area contributed by atoms with E-state index in [1.54, 1.807) is 0 Å². The van der Waals surface area contributed by atoms with Crippen molar-refractivity contribution >= 4 is 15.2 Å². The summed E-state index contributed by atoms with van der Waals surface area (Å²) in [6.07, 6.45) is 0. The fourth-order valence-electron chi connectivity index (χ4n) is 0.0569. The second kappa shape index (κ2) is 1.97. The minimum absolute atomic E-state index is 0.988. The third kappa shape index (κ3) is 1.76. The summed E-state index contributed by atoms with van der Waals surface area (Å²) in [6.45, 7) is 0. The van der Waals surface area contributed by atoms with E-state index in [-0.39, 0.29) is 0 Å². The molecule has 0 aromatic carbocycles. The molecular weight excluding hydrogens is 134 g/mol. The van der Waals surface area contributed by atoms with Gasteiger partial charge in [-0.15, -0.1) is 0 Å². The van der Waals surface area contributed by atoms with Gasteiger partial charge in [-0.05, 0) is 0 Å². The van der Waals surface area contributed by atoms with E-state index in [4.69, 9.17) is 5.21 Å². The van der Waals surface area contributed by atoms with E-state index in [2.05, 4.69) is 16.0 Å². The molecule has 0 spiro atoms. The zero-order valence-electron chi connectivity index (χ0n) is 3.77. The van der Waals surface area contributed by atoms with Gasteiger partial charge >= 0.3 is 0 Å². The number of primary sulfonamides is 1. The van der Waals surface area contributed by atoms with Crippen LogP contribution in [0.25, 0.3) is 0 Å². The summed E-state index contributed by atoms with van der Waals surface area (Å²) >= 11 is 0. The van der Waals surface area contributed by atoms with Gasteiger partial charge in [0.25, 0.3) is 15.2 Å². The first-order valence-electron chi connectivity index (χ1n) is 1.49. The molecule has 0 aliphatic heterocycles. The third-order valence-electron chi connectivity index (χ3n) is 0.390. The highest BCUT2D eigenvalue weighted by Crippen LogP contribution is 1.72. The third-order valence-corrected chi connectivity index (χ3v) is 1.05. The zero-order valence-corrected chi connectivity index (χ0v) is 4.59. The van der Waals surface area contributed by atoms with E-state index < -0.39 is 15.2 Å². The Kier molecular flexibility index (Phi) is 1.77. The quantitative estimate of drug-likeness (QED) is 0.155. The van der Waals surface area contributed by atoms with Gasteiger partial charge in [0.1, 0.15) is 0 Å². The molecule has 0 rings (SSSR count). The summed E-state index contributed by atoms with van der Waals surface area (Å²) in [4.78, 5) is 0. The van der Waals surface area contributed by atoms with Crippen LogP contribution < -0.4 is 10.9 Å². The minimum Gasteiger partial charge on any atom is -0.409 e. The number of sulfonamides is 1. The van der Waals surface area contributed by atoms with Crippen molar-refractivity contribution in [3.63, 3.8) is 0 Å². The Morgan fingerprint density at radius 2 is 2.00 bits per heavy atom. The van der Waals surface area contributed by atoms with Gasteiger partial charge in [-0.3, -0.25) is 0 Å². The van der Waals surface area contributed by atoms with Crippen molar-refractivity contribution in [1.82, 2.24) is 0 Å². The van der Waals surface area contributed by atoms with E-state index in [0.717, 1.165) is 0 Å². The van der Waals surface area contributed by atoms with Gasteiger partial charge in [-0.2, -0.15) is 0 Å². The van der Waals surface area contributed by atoms with Crippen LogP contribution >= 0.6 is 0 Å². The Labute approximate surface area is 45.8 Å². The van der Waals surface area contributed by atoms with E-state index in [9.17, 15) is 8.42 Å². The largest absolute Gasteiger partial charge is 0.409 e. The molecule has 0 atom stereocenters. The van der Waals surface area contributed by atoms with Crippen molar-refractivity contribution in [3.05, 3.63) is 0 Å². The molecule has 0 aliphatic carbocycles. The zero-order chi connectivity index (χ0) is 6.78. The number of rotatable bonds is 0. The highest BCUT2D eigenvalue weighted by atomic mass is 32.2. The topological polar surface area (TPSA) is 119 Å². The molecule has 8 heavy (non-hydrogen) atoms. The number of nitrogens with zero attached hydrogens (tertiary/aromatic N) is 1. The summed E-state index contributed by atoms with van der Waals surface area (Å²) in [5.74, 6) is 0. The van der Waals surface area contributed by atoms with E-state index in [1.807, 2.05) is 0 Å². The molecule has 0 bridgehead atoms. The van der Waals surface area contributed by atoms with Gasteiger partial charge in [-0.1, -0.05) is 5.16 Å². The van der Waals surface area contributed by atoms with Crippen LogP contribution in [0.3, 0.4) is 0 Å². The van der Waals surface area contributed by atoms with Gasteiger partial charge in [0, 0.05) is 0 Å². The molecule has 0 radical (unpaired) electrons. The smallest absolute Gasteiger partial charge is 0.274 e. The predicted molar refractivity (Wildman–Crippen MR) is 26.5 cm³/mol. The van der Waals surface area contributed by atoms with E-state index in [0.29, 0.717) is 0 Å². The second-order valence-electron chi connectivity index (χ2n) is 0.983. The van der Waals surface area contributed by atoms with E-state index >= 15 is 0 Å². The molecule has 7 heteroatoms. The first-order valence-corrected chi connectivity index (χ1v) is 3.03. The van der Waals surface area contributed by atoms with Crippen molar-refractivity contribution in [3.8, 4) is 0 Å². The number of oxime groups is 1. The first kappa shape index (κ1) is 7.18. The molecule has 0 saturated carbocycles. The normalized spacial score (nSPS) is 13.9. The molecule has 0 saturated heterocycles. The number of amidine groups is 1. The van der Waals surface area contributed by atoms with Crippen LogP contribution in [0, 0.1) is 0 Å². The lowest BCUT2D eigenvalue weighted by Gasteiger charge is -1.88. The highest BCUT2D eigenvalue weighted by molar-refractivity contribution is 8.04. The highest BCUT2D eigenvalue weighted by Gasteiger charge is 2.07. The molecule has 0 amide bonds. The number of nitrogens with two attached hydrogens (primary N) is 2. The summed E-state index contributed by atoms with van der Waals surface area (Å²) in [7, 11) is -3.98. The van der Waals surface area contributed by atoms with Crippen molar-refractivity contribution in [2.24, 2.45) is 16.0 Å². The fourth-order valence-corrected chi connectivity index (χ4v) is 0.171. The van der Waals surface area contributed by atoms with Crippen molar-refractivity contribution in [2.75, 3.05) is 0 Å². The molecule has 0 unspecified atom stereocenters. The maximum atomic E-state index is 9.92. The van der Waals surface area contributed by atoms with Gasteiger partial charge in [0.15, 0.2) is 0 Å². The molecule has 0 aliphatic rings. The lowest BCUT2D eigenvalue weighted by Crippen LogP contribution is -2.30. The maximum Gasteiger partial charge on any atom is 0.274 e. The van der Waals surface area contributed by atoms with Crippen molar-refractivity contribution < 1.29 is 13.6 Å². The van der Waals surface area contributed by atoms with Crippen LogP contribution in [0.15, 0.2) is 5.16 Å². The monoisotopic (exact) mass is 139 g/mol. The SMILES string of the molecule is N/C(=N\O)S(N)(=O)=O. The Bertz CT molecular complexity index is 191. The van der Waals surface area contributed by atoms with Crippen LogP contribution in [0.2, 0.25) is 0 Å². The van der Waals surface area contributed by atoms with Crippen LogP contribution in [0.4, 0.5) is 0 Å². The van der Waals surface area contributed by atoms with Crippen LogP contribution in [0.5, 0.6) is 0 Å². The number of hydrogen-bond acceptors (Lipinski definition) is 4. The lowest BCUT2D eigenvalue weighted by molar-refractivity contribution is 0.319. The molecule has 0 fully saturated rings. The van der Waals surface area contributed by atoms with Crippen LogP contribution in [-0.2, 0) is 10.0 Å². The number of hydrogen-bond donors (Lipinski definition) is 3. The first-order chi connectivity index (χ1) is 3.48. The van der Waals surface area contributed by atoms with Crippen LogP contribution in [-0.4, -0.2) is 18.8 Å². The van der Waals surface area contributed by atoms with Crippen LogP contribution in [0.1, 0.15) is 0 Å². The molecule has 48 valence electrons. The average Bonchev–Trinajstić information content (AvgIpc) is 1.62. The Balaban J connectivity index is 4.55. The molecule has 0 aromatic heterocycles. The minimum atomic E-state index is -3.98. The molecule has 6 nitrogen and oxygen atoms in total. The summed E-state index contributed by atoms with van der Waals surface area (Å²) in [6, 6.07) is 0. The van der Waals surface area contributed by atoms with E-state index in [1.165, 1.54) is 0 Å². The summed E-state index contributed by atoms with van der Waals surface area (Å²) < 4.78 is 19.8. The van der Waals surface area contributed by atoms with Crippen molar-refractivity contribution in [2.45, 2.75) is 0 Å². The summed E-state index contributed by atoms with van der Waals surface area (Å²) in [5, 5.41) is 13.2. The Morgan fingerprint density at radius 3 is 2.00 bits per heavy atom. The lowest BCUT2D eigenvalue weighted by atomic mass is 11.4. The van der Waals surface area contributed by atoms with Gasteiger partial charge < -0.3 is 10.9 Å². The van der Waals surface area contributed by atoms with Gasteiger partial charge in [0.2, 0.25) is 0 Å². The molecule has 0 aromatic rings. The Hall–Kier alpha value is -0.820. The fraction of sp³-hybridized carbons (Fsp3) is 0. The van der Waals surface area contributed by atoms with Gasteiger partial charge in [0.05, 0.1) is 0 Å². The second-order valence-corrected chi connectivity index (χ2v) is 2.49. The molecular formula is CH5N3O3S. The average molecular weight is 139 g/mol. The Morgan fingerprint density at radius 1 is 1.62 bits per heavy atom. The maximum absolute atomic E-state index is 9.92.